The molecule has 0 aromatic carbocycles. The Morgan fingerprint density at radius 3 is 3.10 bits per heavy atom. The first-order valence-corrected chi connectivity index (χ1v) is 3.98. The normalized spacial score (nSPS) is 33.7. The van der Waals surface area contributed by atoms with E-state index in [1.807, 2.05) is 0 Å². The number of allylic oxidation sites excluding steroid dienone is 1. The van der Waals surface area contributed by atoms with Crippen molar-refractivity contribution in [2.24, 2.45) is 0 Å². The summed E-state index contributed by atoms with van der Waals surface area (Å²) in [6.45, 7) is 3.50. The summed E-state index contributed by atoms with van der Waals surface area (Å²) in [5.74, 6) is 0. The number of likely N-dealkylation sites (N-methyl/N-ethyl adjacent to an activating group) is 1. The average Bonchev–Trinajstić information content (AvgIpc) is 2.71. The number of rotatable bonds is 1. The van der Waals surface area contributed by atoms with Crippen LogP contribution in [0, 0.1) is 0 Å². The molecule has 0 aromatic rings. The second-order valence-electron chi connectivity index (χ2n) is 3.18. The molecule has 1 N–H and O–H groups in total. The van der Waals surface area contributed by atoms with E-state index < -0.39 is 0 Å². The third-order valence-electron chi connectivity index (χ3n) is 2.38. The number of piperazine rings is 1. The van der Waals surface area contributed by atoms with Gasteiger partial charge in [0.15, 0.2) is 0 Å². The first-order valence-electron chi connectivity index (χ1n) is 3.98. The van der Waals surface area contributed by atoms with Crippen LogP contribution in [0.2, 0.25) is 0 Å². The SMILES string of the molecule is CN1CCNCC1C1=CC1. The highest BCUT2D eigenvalue weighted by Gasteiger charge is 2.25. The van der Waals surface area contributed by atoms with Gasteiger partial charge in [0.25, 0.3) is 0 Å². The molecule has 1 unspecified atom stereocenters. The maximum atomic E-state index is 3.40. The monoisotopic (exact) mass is 138 g/mol. The van der Waals surface area contributed by atoms with Gasteiger partial charge in [-0.05, 0) is 13.5 Å². The Kier molecular flexibility index (Phi) is 1.51. The van der Waals surface area contributed by atoms with Crippen molar-refractivity contribution in [2.45, 2.75) is 12.5 Å². The number of nitrogens with zero attached hydrogens (tertiary/aromatic N) is 1. The van der Waals surface area contributed by atoms with Crippen molar-refractivity contribution in [1.29, 1.82) is 0 Å². The van der Waals surface area contributed by atoms with Gasteiger partial charge in [-0.25, -0.2) is 0 Å². The van der Waals surface area contributed by atoms with Gasteiger partial charge in [-0.1, -0.05) is 11.6 Å². The Bertz CT molecular complexity index is 163. The zero-order valence-electron chi connectivity index (χ0n) is 6.43. The van der Waals surface area contributed by atoms with Crippen molar-refractivity contribution in [1.82, 2.24) is 10.2 Å². The molecule has 1 aliphatic carbocycles. The molecule has 10 heavy (non-hydrogen) atoms. The highest BCUT2D eigenvalue weighted by molar-refractivity contribution is 5.28. The molecule has 1 fully saturated rings. The van der Waals surface area contributed by atoms with E-state index in [0.717, 1.165) is 13.1 Å². The van der Waals surface area contributed by atoms with E-state index >= 15 is 0 Å². The third kappa shape index (κ3) is 1.09. The highest BCUT2D eigenvalue weighted by Crippen LogP contribution is 2.26. The van der Waals surface area contributed by atoms with Gasteiger partial charge in [-0.2, -0.15) is 0 Å². The Balaban J connectivity index is 1.96. The first kappa shape index (κ1) is 6.38. The molecule has 0 radical (unpaired) electrons. The van der Waals surface area contributed by atoms with Crippen LogP contribution in [0.25, 0.3) is 0 Å². The van der Waals surface area contributed by atoms with Crippen molar-refractivity contribution >= 4 is 0 Å². The molecule has 0 spiro atoms. The van der Waals surface area contributed by atoms with Gasteiger partial charge in [-0.15, -0.1) is 0 Å². The van der Waals surface area contributed by atoms with Gasteiger partial charge < -0.3 is 5.32 Å². The summed E-state index contributed by atoms with van der Waals surface area (Å²) in [5, 5.41) is 3.40. The van der Waals surface area contributed by atoms with Crippen LogP contribution >= 0.6 is 0 Å². The van der Waals surface area contributed by atoms with E-state index in [4.69, 9.17) is 0 Å². The van der Waals surface area contributed by atoms with Crippen LogP contribution < -0.4 is 5.32 Å². The predicted octanol–water partition coefficient (Wildman–Crippen LogP) is 0.220. The third-order valence-corrected chi connectivity index (χ3v) is 2.38. The maximum absolute atomic E-state index is 3.40. The maximum Gasteiger partial charge on any atom is 0.0433 e. The molecule has 1 aliphatic heterocycles. The molecule has 1 atom stereocenters. The molecule has 0 saturated carbocycles. The molecule has 2 heteroatoms. The lowest BCUT2D eigenvalue weighted by atomic mass is 10.1. The number of hydrogen-bond donors (Lipinski definition) is 1. The quantitative estimate of drug-likeness (QED) is 0.521. The largest absolute Gasteiger partial charge is 0.314 e. The van der Waals surface area contributed by atoms with Gasteiger partial charge in [-0.3, -0.25) is 4.90 Å². The van der Waals surface area contributed by atoms with Crippen LogP contribution in [0.1, 0.15) is 6.42 Å². The zero-order valence-corrected chi connectivity index (χ0v) is 6.43. The smallest absolute Gasteiger partial charge is 0.0433 e. The van der Waals surface area contributed by atoms with Crippen LogP contribution in [-0.4, -0.2) is 37.6 Å². The van der Waals surface area contributed by atoms with Crippen LogP contribution in [0.3, 0.4) is 0 Å². The molecule has 0 aromatic heterocycles. The fourth-order valence-corrected chi connectivity index (χ4v) is 1.55. The zero-order chi connectivity index (χ0) is 6.97. The molecule has 2 aliphatic rings. The van der Waals surface area contributed by atoms with Crippen molar-refractivity contribution in [3.63, 3.8) is 0 Å². The fraction of sp³-hybridized carbons (Fsp3) is 0.750. The van der Waals surface area contributed by atoms with E-state index in [1.54, 1.807) is 5.57 Å². The summed E-state index contributed by atoms with van der Waals surface area (Å²) >= 11 is 0. The topological polar surface area (TPSA) is 15.3 Å². The van der Waals surface area contributed by atoms with Crippen molar-refractivity contribution < 1.29 is 0 Å². The van der Waals surface area contributed by atoms with E-state index in [2.05, 4.69) is 23.3 Å². The molecule has 1 heterocycles. The Hall–Kier alpha value is -0.340. The van der Waals surface area contributed by atoms with Crippen molar-refractivity contribution in [2.75, 3.05) is 26.7 Å². The second kappa shape index (κ2) is 2.36. The molecule has 0 amide bonds. The van der Waals surface area contributed by atoms with Crippen LogP contribution in [0.4, 0.5) is 0 Å². The first-order chi connectivity index (χ1) is 4.88. The summed E-state index contributed by atoms with van der Waals surface area (Å²) in [6.07, 6.45) is 3.59. The highest BCUT2D eigenvalue weighted by atomic mass is 15.2. The van der Waals surface area contributed by atoms with Gasteiger partial charge in [0.2, 0.25) is 0 Å². The minimum atomic E-state index is 0.716. The van der Waals surface area contributed by atoms with E-state index in [0.29, 0.717) is 6.04 Å². The molecule has 1 saturated heterocycles. The summed E-state index contributed by atoms with van der Waals surface area (Å²) in [7, 11) is 2.21. The summed E-state index contributed by atoms with van der Waals surface area (Å²) in [5.41, 5.74) is 1.63. The fourth-order valence-electron chi connectivity index (χ4n) is 1.55. The van der Waals surface area contributed by atoms with Crippen LogP contribution in [0.5, 0.6) is 0 Å². The predicted molar refractivity (Wildman–Crippen MR) is 42.0 cm³/mol. The van der Waals surface area contributed by atoms with Crippen LogP contribution in [-0.2, 0) is 0 Å². The van der Waals surface area contributed by atoms with Crippen molar-refractivity contribution in [3.05, 3.63) is 11.6 Å². The average molecular weight is 138 g/mol. The molecule has 2 nitrogen and oxygen atoms in total. The van der Waals surface area contributed by atoms with Crippen LogP contribution in [0.15, 0.2) is 11.6 Å². The van der Waals surface area contributed by atoms with E-state index in [1.165, 1.54) is 13.0 Å². The molecule has 2 rings (SSSR count). The number of hydrogen-bond acceptors (Lipinski definition) is 2. The minimum Gasteiger partial charge on any atom is -0.314 e. The second-order valence-corrected chi connectivity index (χ2v) is 3.18. The molecular weight excluding hydrogens is 124 g/mol. The van der Waals surface area contributed by atoms with Gasteiger partial charge in [0, 0.05) is 25.7 Å². The van der Waals surface area contributed by atoms with E-state index in [9.17, 15) is 0 Å². The summed E-state index contributed by atoms with van der Waals surface area (Å²) < 4.78 is 0. The molecule has 56 valence electrons. The lowest BCUT2D eigenvalue weighted by Crippen LogP contribution is -2.48. The molecular formula is C8H14N2. The van der Waals surface area contributed by atoms with Gasteiger partial charge >= 0.3 is 0 Å². The summed E-state index contributed by atoms with van der Waals surface area (Å²) in [4.78, 5) is 2.44. The minimum absolute atomic E-state index is 0.716. The lowest BCUT2D eigenvalue weighted by Gasteiger charge is -2.31. The summed E-state index contributed by atoms with van der Waals surface area (Å²) in [6, 6.07) is 0.716. The number of nitrogens with one attached hydrogen (secondary N) is 1. The Labute approximate surface area is 61.9 Å². The molecule has 0 bridgehead atoms. The lowest BCUT2D eigenvalue weighted by molar-refractivity contribution is 0.230. The van der Waals surface area contributed by atoms with Gasteiger partial charge in [0.05, 0.1) is 0 Å². The standard InChI is InChI=1S/C8H14N2/c1-10-5-4-9-6-8(10)7-2-3-7/h2,8-9H,3-6H2,1H3. The Morgan fingerprint density at radius 1 is 1.70 bits per heavy atom. The van der Waals surface area contributed by atoms with E-state index in [-0.39, 0.29) is 0 Å². The Morgan fingerprint density at radius 2 is 2.50 bits per heavy atom. The van der Waals surface area contributed by atoms with Crippen molar-refractivity contribution in [3.8, 4) is 0 Å². The van der Waals surface area contributed by atoms with Gasteiger partial charge in [0.1, 0.15) is 0 Å².